The normalized spacial score (nSPS) is 10.4. The highest BCUT2D eigenvalue weighted by Crippen LogP contribution is 2.10. The Hall–Kier alpha value is -1.19. The van der Waals surface area contributed by atoms with Crippen LogP contribution in [0.5, 0.6) is 0 Å². The number of rotatable bonds is 6. The van der Waals surface area contributed by atoms with Crippen LogP contribution < -0.4 is 0 Å². The third-order valence-electron chi connectivity index (χ3n) is 2.49. The van der Waals surface area contributed by atoms with Crippen LogP contribution in [-0.2, 0) is 9.47 Å². The highest BCUT2D eigenvalue weighted by molar-refractivity contribution is 5.97. The quantitative estimate of drug-likeness (QED) is 0.546. The highest BCUT2D eigenvalue weighted by atomic mass is 16.5. The molecule has 1 aromatic carbocycles. The van der Waals surface area contributed by atoms with E-state index in [0.717, 1.165) is 5.56 Å². The van der Waals surface area contributed by atoms with E-state index in [-0.39, 0.29) is 12.4 Å². The number of hydrogen-bond acceptors (Lipinski definition) is 3. The molecule has 0 heterocycles. The van der Waals surface area contributed by atoms with Gasteiger partial charge < -0.3 is 9.47 Å². The number of Topliss-reactive ketones (excluding diaryl/α,β-unsaturated/α-hetero) is 1. The van der Waals surface area contributed by atoms with Gasteiger partial charge in [-0.25, -0.2) is 0 Å². The third kappa shape index (κ3) is 3.76. The Labute approximate surface area is 96.4 Å². The van der Waals surface area contributed by atoms with Crippen molar-refractivity contribution in [2.24, 2.45) is 0 Å². The molecular formula is C13H18O3. The highest BCUT2D eigenvalue weighted by Gasteiger charge is 2.06. The lowest BCUT2D eigenvalue weighted by molar-refractivity contribution is 0.0577. The molecule has 0 saturated carbocycles. The fourth-order valence-electron chi connectivity index (χ4n) is 1.31. The largest absolute Gasteiger partial charge is 0.382 e. The average molecular weight is 222 g/mol. The first-order valence-electron chi connectivity index (χ1n) is 5.32. The van der Waals surface area contributed by atoms with E-state index in [1.165, 1.54) is 5.56 Å². The van der Waals surface area contributed by atoms with Crippen molar-refractivity contribution >= 4 is 5.78 Å². The van der Waals surface area contributed by atoms with Gasteiger partial charge in [-0.15, -0.1) is 0 Å². The molecule has 0 atom stereocenters. The molecule has 1 rings (SSSR count). The van der Waals surface area contributed by atoms with Gasteiger partial charge in [0.05, 0.1) is 13.2 Å². The zero-order valence-corrected chi connectivity index (χ0v) is 10.1. The van der Waals surface area contributed by atoms with Gasteiger partial charge in [0.1, 0.15) is 6.61 Å². The minimum absolute atomic E-state index is 0.0132. The van der Waals surface area contributed by atoms with E-state index in [4.69, 9.17) is 9.47 Å². The number of benzene rings is 1. The summed E-state index contributed by atoms with van der Waals surface area (Å²) in [7, 11) is 1.61. The lowest BCUT2D eigenvalue weighted by Gasteiger charge is -2.05. The minimum atomic E-state index is 0.0132. The van der Waals surface area contributed by atoms with E-state index >= 15 is 0 Å². The van der Waals surface area contributed by atoms with Gasteiger partial charge in [-0.1, -0.05) is 12.1 Å². The van der Waals surface area contributed by atoms with Crippen molar-refractivity contribution in [3.8, 4) is 0 Å². The first-order valence-corrected chi connectivity index (χ1v) is 5.32. The molecule has 0 radical (unpaired) electrons. The van der Waals surface area contributed by atoms with E-state index in [1.807, 2.05) is 32.0 Å². The Kier molecular flexibility index (Phi) is 5.15. The molecule has 3 heteroatoms. The number of hydrogen-bond donors (Lipinski definition) is 0. The second-order valence-corrected chi connectivity index (χ2v) is 3.77. The lowest BCUT2D eigenvalue weighted by Crippen LogP contribution is -2.12. The van der Waals surface area contributed by atoms with Crippen molar-refractivity contribution in [2.75, 3.05) is 26.9 Å². The summed E-state index contributed by atoms with van der Waals surface area (Å²) in [6.45, 7) is 5.11. The molecule has 0 unspecified atom stereocenters. The van der Waals surface area contributed by atoms with Crippen molar-refractivity contribution in [1.82, 2.24) is 0 Å². The number of carbonyl (C=O) groups excluding carboxylic acids is 1. The standard InChI is InChI=1S/C13H18O3/c1-10-4-5-12(8-11(10)2)13(14)9-16-7-6-15-3/h4-5,8H,6-7,9H2,1-3H3. The summed E-state index contributed by atoms with van der Waals surface area (Å²) >= 11 is 0. The topological polar surface area (TPSA) is 35.5 Å². The maximum Gasteiger partial charge on any atom is 0.188 e. The summed E-state index contributed by atoms with van der Waals surface area (Å²) in [6, 6.07) is 5.69. The smallest absolute Gasteiger partial charge is 0.188 e. The monoisotopic (exact) mass is 222 g/mol. The number of aryl methyl sites for hydroxylation is 2. The molecule has 0 amide bonds. The van der Waals surface area contributed by atoms with Crippen LogP contribution in [0.25, 0.3) is 0 Å². The van der Waals surface area contributed by atoms with Gasteiger partial charge >= 0.3 is 0 Å². The van der Waals surface area contributed by atoms with Crippen LogP contribution in [-0.4, -0.2) is 32.7 Å². The number of ether oxygens (including phenoxy) is 2. The SMILES string of the molecule is COCCOCC(=O)c1ccc(C)c(C)c1. The molecule has 0 N–H and O–H groups in total. The average Bonchev–Trinajstić information content (AvgIpc) is 2.28. The summed E-state index contributed by atoms with van der Waals surface area (Å²) in [5.41, 5.74) is 3.03. The van der Waals surface area contributed by atoms with Gasteiger partial charge in [0.15, 0.2) is 5.78 Å². The van der Waals surface area contributed by atoms with Crippen LogP contribution in [0.4, 0.5) is 0 Å². The Morgan fingerprint density at radius 1 is 1.19 bits per heavy atom. The minimum Gasteiger partial charge on any atom is -0.382 e. The van der Waals surface area contributed by atoms with E-state index in [1.54, 1.807) is 7.11 Å². The number of ketones is 1. The van der Waals surface area contributed by atoms with E-state index in [9.17, 15) is 4.79 Å². The van der Waals surface area contributed by atoms with Gasteiger partial charge in [-0.05, 0) is 31.0 Å². The molecule has 0 spiro atoms. The molecule has 1 aromatic rings. The van der Waals surface area contributed by atoms with Gasteiger partial charge in [0.25, 0.3) is 0 Å². The van der Waals surface area contributed by atoms with Crippen LogP contribution in [0.3, 0.4) is 0 Å². The molecule has 0 bridgehead atoms. The number of carbonyl (C=O) groups is 1. The molecular weight excluding hydrogens is 204 g/mol. The zero-order chi connectivity index (χ0) is 12.0. The Balaban J connectivity index is 2.50. The van der Waals surface area contributed by atoms with Gasteiger partial charge in [0, 0.05) is 12.7 Å². The van der Waals surface area contributed by atoms with E-state index in [0.29, 0.717) is 18.8 Å². The van der Waals surface area contributed by atoms with Crippen LogP contribution in [0.15, 0.2) is 18.2 Å². The third-order valence-corrected chi connectivity index (χ3v) is 2.49. The maximum absolute atomic E-state index is 11.7. The van der Waals surface area contributed by atoms with Crippen molar-refractivity contribution in [3.05, 3.63) is 34.9 Å². The van der Waals surface area contributed by atoms with Crippen molar-refractivity contribution in [1.29, 1.82) is 0 Å². The first-order chi connectivity index (χ1) is 7.65. The van der Waals surface area contributed by atoms with Gasteiger partial charge in [-0.3, -0.25) is 4.79 Å². The van der Waals surface area contributed by atoms with E-state index in [2.05, 4.69) is 0 Å². The Morgan fingerprint density at radius 2 is 1.94 bits per heavy atom. The van der Waals surface area contributed by atoms with Crippen LogP contribution in [0.1, 0.15) is 21.5 Å². The fraction of sp³-hybridized carbons (Fsp3) is 0.462. The van der Waals surface area contributed by atoms with Crippen molar-refractivity contribution in [2.45, 2.75) is 13.8 Å². The van der Waals surface area contributed by atoms with Crippen molar-refractivity contribution < 1.29 is 14.3 Å². The maximum atomic E-state index is 11.7. The van der Waals surface area contributed by atoms with E-state index < -0.39 is 0 Å². The van der Waals surface area contributed by atoms with Crippen molar-refractivity contribution in [3.63, 3.8) is 0 Å². The van der Waals surface area contributed by atoms with Crippen LogP contribution in [0.2, 0.25) is 0 Å². The molecule has 0 aliphatic rings. The molecule has 0 aromatic heterocycles. The predicted molar refractivity (Wildman–Crippen MR) is 62.9 cm³/mol. The summed E-state index contributed by atoms with van der Waals surface area (Å²) in [6.07, 6.45) is 0. The Bertz CT molecular complexity index is 358. The summed E-state index contributed by atoms with van der Waals surface area (Å²) < 4.78 is 10.0. The summed E-state index contributed by atoms with van der Waals surface area (Å²) in [5.74, 6) is 0.0132. The second-order valence-electron chi connectivity index (χ2n) is 3.77. The molecule has 16 heavy (non-hydrogen) atoms. The Morgan fingerprint density at radius 3 is 2.56 bits per heavy atom. The number of methoxy groups -OCH3 is 1. The molecule has 0 aliphatic carbocycles. The summed E-state index contributed by atoms with van der Waals surface area (Å²) in [4.78, 5) is 11.7. The fourth-order valence-corrected chi connectivity index (χ4v) is 1.31. The molecule has 0 fully saturated rings. The second kappa shape index (κ2) is 6.40. The molecule has 0 saturated heterocycles. The summed E-state index contributed by atoms with van der Waals surface area (Å²) in [5, 5.41) is 0. The molecule has 0 aliphatic heterocycles. The first kappa shape index (κ1) is 12.9. The van der Waals surface area contributed by atoms with Crippen LogP contribution in [0, 0.1) is 13.8 Å². The zero-order valence-electron chi connectivity index (χ0n) is 10.1. The van der Waals surface area contributed by atoms with Gasteiger partial charge in [0.2, 0.25) is 0 Å². The molecule has 88 valence electrons. The molecule has 3 nitrogen and oxygen atoms in total. The van der Waals surface area contributed by atoms with Gasteiger partial charge in [-0.2, -0.15) is 0 Å². The van der Waals surface area contributed by atoms with Crippen LogP contribution >= 0.6 is 0 Å². The predicted octanol–water partition coefficient (Wildman–Crippen LogP) is 2.15. The lowest BCUT2D eigenvalue weighted by atomic mass is 10.0.